The minimum Gasteiger partial charge on any atom is -0.324 e. The van der Waals surface area contributed by atoms with E-state index in [1.54, 1.807) is 24.3 Å². The Bertz CT molecular complexity index is 636. The summed E-state index contributed by atoms with van der Waals surface area (Å²) in [4.78, 5) is 11.9. The summed E-state index contributed by atoms with van der Waals surface area (Å²) >= 11 is 0. The first-order chi connectivity index (χ1) is 10.1. The van der Waals surface area contributed by atoms with Crippen molar-refractivity contribution in [3.05, 3.63) is 47.8 Å². The van der Waals surface area contributed by atoms with Crippen molar-refractivity contribution in [2.45, 2.75) is 31.7 Å². The van der Waals surface area contributed by atoms with Gasteiger partial charge in [-0.05, 0) is 31.0 Å². The van der Waals surface area contributed by atoms with Crippen molar-refractivity contribution < 1.29 is 13.6 Å². The summed E-state index contributed by atoms with van der Waals surface area (Å²) in [7, 11) is 0. The molecule has 0 saturated heterocycles. The molecule has 0 aliphatic heterocycles. The average molecular weight is 291 g/mol. The maximum atomic E-state index is 13.0. The van der Waals surface area contributed by atoms with E-state index >= 15 is 0 Å². The quantitative estimate of drug-likeness (QED) is 0.918. The van der Waals surface area contributed by atoms with Crippen LogP contribution in [0.1, 0.15) is 36.6 Å². The van der Waals surface area contributed by atoms with Crippen LogP contribution in [0, 0.1) is 0 Å². The second-order valence-electron chi connectivity index (χ2n) is 5.14. The second-order valence-corrected chi connectivity index (χ2v) is 5.14. The van der Waals surface area contributed by atoms with Gasteiger partial charge in [0.2, 0.25) is 5.91 Å². The summed E-state index contributed by atoms with van der Waals surface area (Å²) in [6, 6.07) is 10.3. The van der Waals surface area contributed by atoms with Crippen molar-refractivity contribution >= 4 is 11.6 Å². The van der Waals surface area contributed by atoms with E-state index in [4.69, 9.17) is 0 Å². The molecule has 21 heavy (non-hydrogen) atoms. The molecule has 0 bridgehead atoms. The van der Waals surface area contributed by atoms with Crippen LogP contribution in [0.4, 0.5) is 14.5 Å². The van der Waals surface area contributed by atoms with Gasteiger partial charge in [-0.2, -0.15) is 5.10 Å². The Kier molecular flexibility index (Phi) is 3.68. The predicted octanol–water partition coefficient (Wildman–Crippen LogP) is 3.34. The molecule has 0 atom stereocenters. The number of carbonyl (C=O) groups is 1. The third-order valence-corrected chi connectivity index (χ3v) is 3.40. The molecular weight excluding hydrogens is 276 g/mol. The fourth-order valence-corrected chi connectivity index (χ4v) is 2.19. The van der Waals surface area contributed by atoms with Crippen LogP contribution in [0.15, 0.2) is 36.4 Å². The van der Waals surface area contributed by atoms with E-state index in [-0.39, 0.29) is 24.1 Å². The van der Waals surface area contributed by atoms with E-state index in [1.807, 2.05) is 6.07 Å². The number of anilines is 1. The second kappa shape index (κ2) is 5.63. The van der Waals surface area contributed by atoms with E-state index in [0.717, 1.165) is 17.5 Å². The van der Waals surface area contributed by atoms with Crippen molar-refractivity contribution in [3.8, 4) is 0 Å². The minimum absolute atomic E-state index is 0.194. The first-order valence-corrected chi connectivity index (χ1v) is 6.84. The predicted molar refractivity (Wildman–Crippen MR) is 74.2 cm³/mol. The van der Waals surface area contributed by atoms with E-state index in [1.165, 1.54) is 6.07 Å². The standard InChI is InChI=1S/C15H15F2N3O/c16-15(17)13-8-12(10-6-7-10)19-20(13)9-14(21)18-11-4-2-1-3-5-11/h1-5,8,10,15H,6-7,9H2,(H,18,21). The van der Waals surface area contributed by atoms with Crippen molar-refractivity contribution in [2.24, 2.45) is 0 Å². The zero-order chi connectivity index (χ0) is 14.8. The molecule has 1 aromatic heterocycles. The fourth-order valence-electron chi connectivity index (χ4n) is 2.19. The lowest BCUT2D eigenvalue weighted by Crippen LogP contribution is -2.21. The normalized spacial score (nSPS) is 14.4. The number of halogens is 2. The summed E-state index contributed by atoms with van der Waals surface area (Å²) in [5.41, 5.74) is 1.11. The molecule has 1 aliphatic rings. The van der Waals surface area contributed by atoms with Gasteiger partial charge in [-0.25, -0.2) is 8.78 Å². The highest BCUT2D eigenvalue weighted by Crippen LogP contribution is 2.40. The molecule has 1 amide bonds. The summed E-state index contributed by atoms with van der Waals surface area (Å²) in [5.74, 6) is -0.0884. The number of carbonyl (C=O) groups excluding carboxylic acids is 1. The number of nitrogens with one attached hydrogen (secondary N) is 1. The van der Waals surface area contributed by atoms with Gasteiger partial charge in [0.15, 0.2) is 0 Å². The largest absolute Gasteiger partial charge is 0.324 e. The van der Waals surface area contributed by atoms with E-state index in [2.05, 4.69) is 10.4 Å². The number of benzene rings is 1. The molecular formula is C15H15F2N3O. The Balaban J connectivity index is 1.72. The Morgan fingerprint density at radius 1 is 1.33 bits per heavy atom. The van der Waals surface area contributed by atoms with Gasteiger partial charge in [0.05, 0.1) is 5.69 Å². The first-order valence-electron chi connectivity index (χ1n) is 6.84. The smallest absolute Gasteiger partial charge is 0.280 e. The Morgan fingerprint density at radius 3 is 2.67 bits per heavy atom. The fraction of sp³-hybridized carbons (Fsp3) is 0.333. The molecule has 6 heteroatoms. The van der Waals surface area contributed by atoms with Gasteiger partial charge in [0.1, 0.15) is 12.2 Å². The SMILES string of the molecule is O=C(Cn1nc(C2CC2)cc1C(F)F)Nc1ccccc1. The van der Waals surface area contributed by atoms with E-state index in [0.29, 0.717) is 11.4 Å². The monoisotopic (exact) mass is 291 g/mol. The zero-order valence-corrected chi connectivity index (χ0v) is 11.3. The number of hydrogen-bond acceptors (Lipinski definition) is 2. The average Bonchev–Trinajstić information content (AvgIpc) is 3.21. The van der Waals surface area contributed by atoms with Gasteiger partial charge in [-0.3, -0.25) is 9.48 Å². The third kappa shape index (κ3) is 3.26. The summed E-state index contributed by atoms with van der Waals surface area (Å²) in [6.45, 7) is -0.207. The topological polar surface area (TPSA) is 46.9 Å². The Hall–Kier alpha value is -2.24. The van der Waals surface area contributed by atoms with Crippen LogP contribution < -0.4 is 5.32 Å². The molecule has 1 N–H and O–H groups in total. The molecule has 0 spiro atoms. The zero-order valence-electron chi connectivity index (χ0n) is 11.3. The van der Waals surface area contributed by atoms with Gasteiger partial charge >= 0.3 is 0 Å². The molecule has 0 radical (unpaired) electrons. The Morgan fingerprint density at radius 2 is 2.05 bits per heavy atom. The Labute approximate surface area is 120 Å². The first kappa shape index (κ1) is 13.7. The van der Waals surface area contributed by atoms with Gasteiger partial charge in [-0.15, -0.1) is 0 Å². The van der Waals surface area contributed by atoms with Crippen LogP contribution in [-0.4, -0.2) is 15.7 Å². The number of nitrogens with zero attached hydrogens (tertiary/aromatic N) is 2. The summed E-state index contributed by atoms with van der Waals surface area (Å²) < 4.78 is 27.1. The van der Waals surface area contributed by atoms with Gasteiger partial charge in [0, 0.05) is 11.6 Å². The van der Waals surface area contributed by atoms with Crippen LogP contribution in [0.25, 0.3) is 0 Å². The van der Waals surface area contributed by atoms with Crippen molar-refractivity contribution in [1.82, 2.24) is 9.78 Å². The van der Waals surface area contributed by atoms with E-state index in [9.17, 15) is 13.6 Å². The molecule has 0 unspecified atom stereocenters. The third-order valence-electron chi connectivity index (χ3n) is 3.40. The molecule has 2 aromatic rings. The molecule has 3 rings (SSSR count). The molecule has 4 nitrogen and oxygen atoms in total. The number of alkyl halides is 2. The number of hydrogen-bond donors (Lipinski definition) is 1. The van der Waals surface area contributed by atoms with Crippen LogP contribution >= 0.6 is 0 Å². The molecule has 1 fully saturated rings. The van der Waals surface area contributed by atoms with Crippen molar-refractivity contribution in [1.29, 1.82) is 0 Å². The van der Waals surface area contributed by atoms with Crippen LogP contribution in [-0.2, 0) is 11.3 Å². The summed E-state index contributed by atoms with van der Waals surface area (Å²) in [5, 5.41) is 6.82. The summed E-state index contributed by atoms with van der Waals surface area (Å²) in [6.07, 6.45) is -0.666. The number of para-hydroxylation sites is 1. The molecule has 110 valence electrons. The van der Waals surface area contributed by atoms with E-state index < -0.39 is 6.43 Å². The van der Waals surface area contributed by atoms with Crippen molar-refractivity contribution in [2.75, 3.05) is 5.32 Å². The lowest BCUT2D eigenvalue weighted by atomic mass is 10.3. The molecule has 1 aliphatic carbocycles. The highest BCUT2D eigenvalue weighted by molar-refractivity contribution is 5.90. The van der Waals surface area contributed by atoms with Crippen LogP contribution in [0.2, 0.25) is 0 Å². The van der Waals surface area contributed by atoms with Crippen LogP contribution in [0.5, 0.6) is 0 Å². The lowest BCUT2D eigenvalue weighted by molar-refractivity contribution is -0.117. The molecule has 1 aromatic carbocycles. The maximum Gasteiger partial charge on any atom is 0.280 e. The van der Waals surface area contributed by atoms with Crippen LogP contribution in [0.3, 0.4) is 0 Å². The maximum absolute atomic E-state index is 13.0. The lowest BCUT2D eigenvalue weighted by Gasteiger charge is -2.07. The van der Waals surface area contributed by atoms with Gasteiger partial charge in [-0.1, -0.05) is 18.2 Å². The molecule has 1 heterocycles. The number of rotatable bonds is 5. The highest BCUT2D eigenvalue weighted by atomic mass is 19.3. The number of amides is 1. The van der Waals surface area contributed by atoms with Gasteiger partial charge in [0.25, 0.3) is 6.43 Å². The molecule has 1 saturated carbocycles. The minimum atomic E-state index is -2.63. The van der Waals surface area contributed by atoms with Crippen molar-refractivity contribution in [3.63, 3.8) is 0 Å². The van der Waals surface area contributed by atoms with Gasteiger partial charge < -0.3 is 5.32 Å². The number of aromatic nitrogens is 2. The highest BCUT2D eigenvalue weighted by Gasteiger charge is 2.29.